The fraction of sp³-hybridized carbons (Fsp3) is 0.278. The third-order valence-electron chi connectivity index (χ3n) is 3.68. The molecule has 1 N–H and O–H groups in total. The molecule has 0 aliphatic carbocycles. The molecule has 0 heterocycles. The Morgan fingerprint density at radius 1 is 1.16 bits per heavy atom. The molecule has 0 aliphatic heterocycles. The molecule has 1 amide bonds. The summed E-state index contributed by atoms with van der Waals surface area (Å²) in [6.07, 6.45) is -0.865. The summed E-state index contributed by atoms with van der Waals surface area (Å²) in [5.41, 5.74) is 2.51. The van der Waals surface area contributed by atoms with Crippen LogP contribution in [0.2, 0.25) is 0 Å². The van der Waals surface area contributed by atoms with E-state index < -0.39 is 11.0 Å². The number of hydrogen-bond acceptors (Lipinski definition) is 5. The van der Waals surface area contributed by atoms with Gasteiger partial charge in [0.05, 0.1) is 18.1 Å². The van der Waals surface area contributed by atoms with Crippen LogP contribution >= 0.6 is 0 Å². The van der Waals surface area contributed by atoms with Crippen LogP contribution in [0, 0.1) is 24.0 Å². The highest BCUT2D eigenvalue weighted by Crippen LogP contribution is 2.32. The highest BCUT2D eigenvalue weighted by molar-refractivity contribution is 5.94. The first kappa shape index (κ1) is 18.3. The average Bonchev–Trinajstić information content (AvgIpc) is 2.57. The van der Waals surface area contributed by atoms with E-state index in [2.05, 4.69) is 5.32 Å². The Bertz CT molecular complexity index is 804. The quantitative estimate of drug-likeness (QED) is 0.638. The molecule has 132 valence electrons. The molecule has 0 saturated heterocycles. The summed E-state index contributed by atoms with van der Waals surface area (Å²) < 4.78 is 10.7. The van der Waals surface area contributed by atoms with Gasteiger partial charge < -0.3 is 14.8 Å². The second kappa shape index (κ2) is 7.65. The Morgan fingerprint density at radius 3 is 2.52 bits per heavy atom. The van der Waals surface area contributed by atoms with E-state index in [-0.39, 0.29) is 17.3 Å². The van der Waals surface area contributed by atoms with Crippen LogP contribution in [-0.2, 0) is 4.79 Å². The zero-order valence-corrected chi connectivity index (χ0v) is 14.5. The van der Waals surface area contributed by atoms with E-state index in [1.807, 2.05) is 32.0 Å². The number of aryl methyl sites for hydroxylation is 2. The lowest BCUT2D eigenvalue weighted by Gasteiger charge is -2.17. The molecule has 0 spiro atoms. The highest BCUT2D eigenvalue weighted by Gasteiger charge is 2.20. The third-order valence-corrected chi connectivity index (χ3v) is 3.68. The second-order valence-corrected chi connectivity index (χ2v) is 5.66. The first-order valence-electron chi connectivity index (χ1n) is 7.69. The summed E-state index contributed by atoms with van der Waals surface area (Å²) in [5.74, 6) is 0.0968. The van der Waals surface area contributed by atoms with E-state index in [9.17, 15) is 14.9 Å². The van der Waals surface area contributed by atoms with Crippen LogP contribution in [0.5, 0.6) is 11.5 Å². The number of carbonyl (C=O) groups is 1. The van der Waals surface area contributed by atoms with Gasteiger partial charge in [-0.25, -0.2) is 0 Å². The summed E-state index contributed by atoms with van der Waals surface area (Å²) in [6.45, 7) is 5.39. The molecule has 0 aromatic heterocycles. The highest BCUT2D eigenvalue weighted by atomic mass is 16.6. The normalized spacial score (nSPS) is 11.5. The topological polar surface area (TPSA) is 90.7 Å². The number of non-ortho nitro benzene ring substituents is 1. The lowest BCUT2D eigenvalue weighted by Crippen LogP contribution is -2.30. The van der Waals surface area contributed by atoms with Crippen molar-refractivity contribution in [3.05, 3.63) is 57.6 Å². The minimum atomic E-state index is -0.865. The van der Waals surface area contributed by atoms with E-state index in [1.165, 1.54) is 25.3 Å². The van der Waals surface area contributed by atoms with Gasteiger partial charge in [-0.05, 0) is 44.0 Å². The number of carbonyl (C=O) groups excluding carboxylic acids is 1. The predicted molar refractivity (Wildman–Crippen MR) is 94.3 cm³/mol. The molecule has 0 bridgehead atoms. The van der Waals surface area contributed by atoms with Crippen LogP contribution in [0.25, 0.3) is 0 Å². The van der Waals surface area contributed by atoms with Gasteiger partial charge in [0, 0.05) is 11.8 Å². The monoisotopic (exact) mass is 344 g/mol. The van der Waals surface area contributed by atoms with Gasteiger partial charge in [-0.1, -0.05) is 12.1 Å². The molecule has 2 aromatic rings. The van der Waals surface area contributed by atoms with Gasteiger partial charge in [-0.3, -0.25) is 14.9 Å². The zero-order valence-electron chi connectivity index (χ0n) is 14.5. The number of anilines is 1. The Kier molecular flexibility index (Phi) is 5.59. The largest absolute Gasteiger partial charge is 0.493 e. The van der Waals surface area contributed by atoms with Crippen molar-refractivity contribution in [3.8, 4) is 11.5 Å². The predicted octanol–water partition coefficient (Wildman–Crippen LogP) is 3.63. The van der Waals surface area contributed by atoms with Crippen molar-refractivity contribution >= 4 is 17.3 Å². The smallest absolute Gasteiger partial charge is 0.273 e. The molecule has 25 heavy (non-hydrogen) atoms. The summed E-state index contributed by atoms with van der Waals surface area (Å²) in [5, 5.41) is 13.7. The van der Waals surface area contributed by atoms with Crippen molar-refractivity contribution in [2.45, 2.75) is 26.9 Å². The second-order valence-electron chi connectivity index (χ2n) is 5.66. The molecular formula is C18H20N2O5. The Labute approximate surface area is 145 Å². The molecule has 1 unspecified atom stereocenters. The molecule has 0 aliphatic rings. The van der Waals surface area contributed by atoms with Crippen molar-refractivity contribution in [3.63, 3.8) is 0 Å². The number of benzene rings is 2. The van der Waals surface area contributed by atoms with Crippen LogP contribution < -0.4 is 14.8 Å². The number of amides is 1. The van der Waals surface area contributed by atoms with E-state index >= 15 is 0 Å². The van der Waals surface area contributed by atoms with E-state index in [1.54, 1.807) is 6.92 Å². The number of rotatable bonds is 6. The van der Waals surface area contributed by atoms with Gasteiger partial charge >= 0.3 is 0 Å². The van der Waals surface area contributed by atoms with Crippen LogP contribution in [0.3, 0.4) is 0 Å². The SMILES string of the molecule is COc1ccc([N+](=O)[O-])cc1OC(C)C(=O)Nc1cc(C)ccc1C. The van der Waals surface area contributed by atoms with Gasteiger partial charge in [0.15, 0.2) is 17.6 Å². The molecule has 0 fully saturated rings. The Balaban J connectivity index is 2.17. The maximum Gasteiger partial charge on any atom is 0.273 e. The summed E-state index contributed by atoms with van der Waals surface area (Å²) in [6, 6.07) is 9.72. The minimum Gasteiger partial charge on any atom is -0.493 e. The number of ether oxygens (including phenoxy) is 2. The molecule has 2 rings (SSSR count). The average molecular weight is 344 g/mol. The zero-order chi connectivity index (χ0) is 18.6. The van der Waals surface area contributed by atoms with Crippen molar-refractivity contribution in [2.75, 3.05) is 12.4 Å². The van der Waals surface area contributed by atoms with Crippen LogP contribution in [-0.4, -0.2) is 24.0 Å². The summed E-state index contributed by atoms with van der Waals surface area (Å²) in [4.78, 5) is 22.8. The minimum absolute atomic E-state index is 0.139. The number of hydrogen-bond donors (Lipinski definition) is 1. The van der Waals surface area contributed by atoms with Gasteiger partial charge in [0.1, 0.15) is 0 Å². The van der Waals surface area contributed by atoms with Crippen LogP contribution in [0.15, 0.2) is 36.4 Å². The van der Waals surface area contributed by atoms with Crippen molar-refractivity contribution in [2.24, 2.45) is 0 Å². The molecule has 2 aromatic carbocycles. The fourth-order valence-electron chi connectivity index (χ4n) is 2.22. The van der Waals surface area contributed by atoms with Crippen LogP contribution in [0.4, 0.5) is 11.4 Å². The maximum absolute atomic E-state index is 12.4. The number of methoxy groups -OCH3 is 1. The van der Waals surface area contributed by atoms with Gasteiger partial charge in [-0.2, -0.15) is 0 Å². The fourth-order valence-corrected chi connectivity index (χ4v) is 2.22. The molecule has 7 nitrogen and oxygen atoms in total. The summed E-state index contributed by atoms with van der Waals surface area (Å²) >= 11 is 0. The molecule has 0 radical (unpaired) electrons. The first-order chi connectivity index (χ1) is 11.8. The van der Waals surface area contributed by atoms with E-state index in [0.717, 1.165) is 11.1 Å². The molecule has 7 heteroatoms. The lowest BCUT2D eigenvalue weighted by molar-refractivity contribution is -0.385. The van der Waals surface area contributed by atoms with Gasteiger partial charge in [0.25, 0.3) is 11.6 Å². The molecular weight excluding hydrogens is 324 g/mol. The van der Waals surface area contributed by atoms with Gasteiger partial charge in [0.2, 0.25) is 0 Å². The standard InChI is InChI=1S/C18H20N2O5/c1-11-5-6-12(2)15(9-11)19-18(21)13(3)25-17-10-14(20(22)23)7-8-16(17)24-4/h5-10,13H,1-4H3,(H,19,21). The van der Waals surface area contributed by atoms with Crippen molar-refractivity contribution in [1.29, 1.82) is 0 Å². The Morgan fingerprint density at radius 2 is 1.88 bits per heavy atom. The lowest BCUT2D eigenvalue weighted by atomic mass is 10.1. The first-order valence-corrected chi connectivity index (χ1v) is 7.69. The third kappa shape index (κ3) is 4.47. The molecule has 0 saturated carbocycles. The maximum atomic E-state index is 12.4. The number of nitrogens with one attached hydrogen (secondary N) is 1. The summed E-state index contributed by atoms with van der Waals surface area (Å²) in [7, 11) is 1.43. The van der Waals surface area contributed by atoms with Crippen molar-refractivity contribution in [1.82, 2.24) is 0 Å². The number of nitro benzene ring substituents is 1. The molecule has 1 atom stereocenters. The number of nitro groups is 1. The number of nitrogens with zero attached hydrogens (tertiary/aromatic N) is 1. The van der Waals surface area contributed by atoms with E-state index in [4.69, 9.17) is 9.47 Å². The van der Waals surface area contributed by atoms with Crippen LogP contribution in [0.1, 0.15) is 18.1 Å². The van der Waals surface area contributed by atoms with E-state index in [0.29, 0.717) is 11.4 Å². The Hall–Kier alpha value is -3.09. The van der Waals surface area contributed by atoms with Gasteiger partial charge in [-0.15, -0.1) is 0 Å². The van der Waals surface area contributed by atoms with Crippen molar-refractivity contribution < 1.29 is 19.2 Å².